The molecule has 2 aromatic rings. The van der Waals surface area contributed by atoms with Gasteiger partial charge in [-0.1, -0.05) is 0 Å². The SMILES string of the molecule is CNCc1csc(-c2cc(OC)c(OC)c(OC)c2)n1. The molecule has 0 aliphatic rings. The zero-order chi connectivity index (χ0) is 14.5. The molecule has 0 aliphatic heterocycles. The first kappa shape index (κ1) is 14.6. The first-order valence-corrected chi connectivity index (χ1v) is 7.00. The highest BCUT2D eigenvalue weighted by molar-refractivity contribution is 7.13. The Morgan fingerprint density at radius 2 is 1.75 bits per heavy atom. The normalized spacial score (nSPS) is 10.4. The third-order valence-electron chi connectivity index (χ3n) is 2.82. The van der Waals surface area contributed by atoms with Crippen LogP contribution in [0, 0.1) is 0 Å². The van der Waals surface area contributed by atoms with Crippen molar-refractivity contribution in [2.24, 2.45) is 0 Å². The predicted octanol–water partition coefficient (Wildman–Crippen LogP) is 2.56. The molecule has 6 heteroatoms. The highest BCUT2D eigenvalue weighted by atomic mass is 32.1. The largest absolute Gasteiger partial charge is 0.493 e. The van der Waals surface area contributed by atoms with Gasteiger partial charge in [0.05, 0.1) is 27.0 Å². The lowest BCUT2D eigenvalue weighted by atomic mass is 10.2. The molecule has 0 unspecified atom stereocenters. The Morgan fingerprint density at radius 3 is 2.25 bits per heavy atom. The molecule has 0 saturated carbocycles. The third-order valence-corrected chi connectivity index (χ3v) is 3.76. The molecule has 0 spiro atoms. The fraction of sp³-hybridized carbons (Fsp3) is 0.357. The average Bonchev–Trinajstić information content (AvgIpc) is 2.94. The van der Waals surface area contributed by atoms with Crippen LogP contribution >= 0.6 is 11.3 Å². The van der Waals surface area contributed by atoms with Gasteiger partial charge in [-0.15, -0.1) is 11.3 Å². The summed E-state index contributed by atoms with van der Waals surface area (Å²) in [6.45, 7) is 0.751. The van der Waals surface area contributed by atoms with E-state index in [1.807, 2.05) is 24.6 Å². The molecule has 0 saturated heterocycles. The highest BCUT2D eigenvalue weighted by Crippen LogP contribution is 2.41. The summed E-state index contributed by atoms with van der Waals surface area (Å²) in [6.07, 6.45) is 0. The van der Waals surface area contributed by atoms with E-state index in [1.165, 1.54) is 0 Å². The van der Waals surface area contributed by atoms with Gasteiger partial charge in [0.2, 0.25) is 5.75 Å². The second-order valence-electron chi connectivity index (χ2n) is 4.09. The molecule has 0 radical (unpaired) electrons. The van der Waals surface area contributed by atoms with Crippen molar-refractivity contribution < 1.29 is 14.2 Å². The minimum atomic E-state index is 0.589. The zero-order valence-electron chi connectivity index (χ0n) is 12.0. The Hall–Kier alpha value is -1.79. The number of aromatic nitrogens is 1. The summed E-state index contributed by atoms with van der Waals surface area (Å²) in [5.74, 6) is 1.85. The van der Waals surface area contributed by atoms with Crippen molar-refractivity contribution in [2.45, 2.75) is 6.54 Å². The Labute approximate surface area is 122 Å². The smallest absolute Gasteiger partial charge is 0.203 e. The van der Waals surface area contributed by atoms with Gasteiger partial charge in [0.25, 0.3) is 0 Å². The number of methoxy groups -OCH3 is 3. The van der Waals surface area contributed by atoms with Crippen molar-refractivity contribution in [2.75, 3.05) is 28.4 Å². The molecule has 1 N–H and O–H groups in total. The number of rotatable bonds is 6. The van der Waals surface area contributed by atoms with E-state index < -0.39 is 0 Å². The number of nitrogens with one attached hydrogen (secondary N) is 1. The van der Waals surface area contributed by atoms with Gasteiger partial charge in [-0.2, -0.15) is 0 Å². The Balaban J connectivity index is 2.45. The molecule has 0 aliphatic carbocycles. The lowest BCUT2D eigenvalue weighted by Gasteiger charge is -2.13. The summed E-state index contributed by atoms with van der Waals surface area (Å²) < 4.78 is 16.0. The van der Waals surface area contributed by atoms with Crippen molar-refractivity contribution in [3.63, 3.8) is 0 Å². The summed E-state index contributed by atoms with van der Waals surface area (Å²) in [7, 11) is 6.71. The summed E-state index contributed by atoms with van der Waals surface area (Å²) in [6, 6.07) is 3.81. The van der Waals surface area contributed by atoms with Gasteiger partial charge in [-0.25, -0.2) is 4.98 Å². The fourth-order valence-corrected chi connectivity index (χ4v) is 2.71. The summed E-state index contributed by atoms with van der Waals surface area (Å²) in [4.78, 5) is 4.58. The van der Waals surface area contributed by atoms with E-state index in [0.717, 1.165) is 22.8 Å². The number of hydrogen-bond donors (Lipinski definition) is 1. The molecule has 0 bridgehead atoms. The second-order valence-corrected chi connectivity index (χ2v) is 4.95. The van der Waals surface area contributed by atoms with E-state index in [0.29, 0.717) is 17.2 Å². The number of thiazole rings is 1. The van der Waals surface area contributed by atoms with E-state index in [1.54, 1.807) is 32.7 Å². The molecule has 5 nitrogen and oxygen atoms in total. The van der Waals surface area contributed by atoms with Gasteiger partial charge in [-0.05, 0) is 19.2 Å². The number of nitrogens with zero attached hydrogens (tertiary/aromatic N) is 1. The molecular weight excluding hydrogens is 276 g/mol. The summed E-state index contributed by atoms with van der Waals surface area (Å²) in [5.41, 5.74) is 1.97. The molecule has 0 amide bonds. The van der Waals surface area contributed by atoms with Crippen LogP contribution in [0.5, 0.6) is 17.2 Å². The third kappa shape index (κ3) is 2.86. The Morgan fingerprint density at radius 1 is 1.10 bits per heavy atom. The maximum Gasteiger partial charge on any atom is 0.203 e. The quantitative estimate of drug-likeness (QED) is 0.887. The summed E-state index contributed by atoms with van der Waals surface area (Å²) in [5, 5.41) is 6.05. The summed E-state index contributed by atoms with van der Waals surface area (Å²) >= 11 is 1.59. The van der Waals surface area contributed by atoms with Crippen molar-refractivity contribution in [3.8, 4) is 27.8 Å². The van der Waals surface area contributed by atoms with E-state index in [9.17, 15) is 0 Å². The standard InChI is InChI=1S/C14H18N2O3S/c1-15-7-10-8-20-14(16-10)9-5-11(17-2)13(19-4)12(6-9)18-3/h5-6,8,15H,7H2,1-4H3. The van der Waals surface area contributed by atoms with Crippen molar-refractivity contribution in [3.05, 3.63) is 23.2 Å². The first-order valence-electron chi connectivity index (χ1n) is 6.12. The van der Waals surface area contributed by atoms with Crippen LogP contribution in [0.15, 0.2) is 17.5 Å². The molecule has 1 aromatic heterocycles. The monoisotopic (exact) mass is 294 g/mol. The van der Waals surface area contributed by atoms with Crippen LogP contribution in [0.3, 0.4) is 0 Å². The fourth-order valence-electron chi connectivity index (χ4n) is 1.91. The van der Waals surface area contributed by atoms with Crippen LogP contribution in [-0.2, 0) is 6.54 Å². The lowest BCUT2D eigenvalue weighted by Crippen LogP contribution is -2.04. The topological polar surface area (TPSA) is 52.6 Å². The molecule has 108 valence electrons. The number of hydrogen-bond acceptors (Lipinski definition) is 6. The molecular formula is C14H18N2O3S. The Kier molecular flexibility index (Phi) is 4.81. The van der Waals surface area contributed by atoms with E-state index in [-0.39, 0.29) is 0 Å². The van der Waals surface area contributed by atoms with Crippen LogP contribution in [0.1, 0.15) is 5.69 Å². The maximum atomic E-state index is 5.35. The van der Waals surface area contributed by atoms with Gasteiger partial charge in [0, 0.05) is 17.5 Å². The van der Waals surface area contributed by atoms with E-state index in [2.05, 4.69) is 10.3 Å². The van der Waals surface area contributed by atoms with Crippen LogP contribution in [-0.4, -0.2) is 33.4 Å². The second kappa shape index (κ2) is 6.58. The van der Waals surface area contributed by atoms with E-state index >= 15 is 0 Å². The van der Waals surface area contributed by atoms with Crippen molar-refractivity contribution >= 4 is 11.3 Å². The predicted molar refractivity (Wildman–Crippen MR) is 80.0 cm³/mol. The molecule has 20 heavy (non-hydrogen) atoms. The van der Waals surface area contributed by atoms with Crippen LogP contribution < -0.4 is 19.5 Å². The highest BCUT2D eigenvalue weighted by Gasteiger charge is 2.15. The van der Waals surface area contributed by atoms with E-state index in [4.69, 9.17) is 14.2 Å². The Bertz CT molecular complexity index is 559. The van der Waals surface area contributed by atoms with Crippen molar-refractivity contribution in [1.29, 1.82) is 0 Å². The first-order chi connectivity index (χ1) is 9.73. The van der Waals surface area contributed by atoms with Crippen LogP contribution in [0.25, 0.3) is 10.6 Å². The van der Waals surface area contributed by atoms with Gasteiger partial charge in [0.1, 0.15) is 5.01 Å². The zero-order valence-corrected chi connectivity index (χ0v) is 12.8. The van der Waals surface area contributed by atoms with Gasteiger partial charge in [-0.3, -0.25) is 0 Å². The minimum absolute atomic E-state index is 0.589. The van der Waals surface area contributed by atoms with Gasteiger partial charge in [0.15, 0.2) is 11.5 Å². The minimum Gasteiger partial charge on any atom is -0.493 e. The molecule has 0 atom stereocenters. The maximum absolute atomic E-state index is 5.35. The molecule has 1 heterocycles. The van der Waals surface area contributed by atoms with Gasteiger partial charge >= 0.3 is 0 Å². The van der Waals surface area contributed by atoms with Crippen LogP contribution in [0.4, 0.5) is 0 Å². The van der Waals surface area contributed by atoms with Crippen LogP contribution in [0.2, 0.25) is 0 Å². The van der Waals surface area contributed by atoms with Crippen molar-refractivity contribution in [1.82, 2.24) is 10.3 Å². The number of ether oxygens (including phenoxy) is 3. The lowest BCUT2D eigenvalue weighted by molar-refractivity contribution is 0.324. The van der Waals surface area contributed by atoms with Gasteiger partial charge < -0.3 is 19.5 Å². The average molecular weight is 294 g/mol. The number of benzene rings is 1. The molecule has 0 fully saturated rings. The molecule has 2 rings (SSSR count). The molecule has 1 aromatic carbocycles.